The van der Waals surface area contributed by atoms with Gasteiger partial charge in [0.2, 0.25) is 0 Å². The van der Waals surface area contributed by atoms with Gasteiger partial charge in [0.25, 0.3) is 10.0 Å². The number of nitrogens with zero attached hydrogens (tertiary/aromatic N) is 4. The molecule has 2 aromatic carbocycles. The summed E-state index contributed by atoms with van der Waals surface area (Å²) in [5, 5.41) is -0.0899. The molecule has 0 N–H and O–H groups in total. The Morgan fingerprint density at radius 2 is 1.42 bits per heavy atom. The minimum Gasteiger partial charge on any atom is -0.459 e. The van der Waals surface area contributed by atoms with Gasteiger partial charge in [0.1, 0.15) is 23.6 Å². The Kier molecular flexibility index (Phi) is 10.8. The third-order valence-corrected chi connectivity index (χ3v) is 9.84. The van der Waals surface area contributed by atoms with Crippen LogP contribution in [0.4, 0.5) is 10.6 Å². The number of hydrogen-bond donors (Lipinski definition) is 0. The molecule has 10 nitrogen and oxygen atoms in total. The minimum atomic E-state index is -4.07. The van der Waals surface area contributed by atoms with Crippen LogP contribution in [0.3, 0.4) is 0 Å². The molecule has 2 heterocycles. The van der Waals surface area contributed by atoms with Crippen molar-refractivity contribution >= 4 is 27.9 Å². The van der Waals surface area contributed by atoms with Gasteiger partial charge >= 0.3 is 12.1 Å². The number of carbonyl (C=O) groups excluding carboxylic acids is 2. The van der Waals surface area contributed by atoms with Crippen molar-refractivity contribution in [3.05, 3.63) is 120 Å². The van der Waals surface area contributed by atoms with Crippen LogP contribution in [0.2, 0.25) is 0 Å². The Morgan fingerprint density at radius 3 is 2.02 bits per heavy atom. The SMILES string of the molecule is CC(C)(C)OC(=O)CN(C(=O)OC(C)(C)C)c1cccc(CN(Cc2ccc(C3(Cc4ccccc4)CC3)cc2)S(=O)(=O)c2ccccn2)n1. The highest BCUT2D eigenvalue weighted by Gasteiger charge is 2.44. The Labute approximate surface area is 295 Å². The highest BCUT2D eigenvalue weighted by Crippen LogP contribution is 2.50. The number of hydrogen-bond acceptors (Lipinski definition) is 8. The molecular weight excluding hydrogens is 653 g/mol. The van der Waals surface area contributed by atoms with Gasteiger partial charge in [-0.05, 0) is 107 Å². The molecule has 0 aliphatic heterocycles. The van der Waals surface area contributed by atoms with Gasteiger partial charge in [-0.2, -0.15) is 4.31 Å². The molecule has 1 saturated carbocycles. The number of benzene rings is 2. The van der Waals surface area contributed by atoms with Crippen LogP contribution >= 0.6 is 0 Å². The topological polar surface area (TPSA) is 119 Å². The minimum absolute atomic E-state index is 0.0600. The van der Waals surface area contributed by atoms with E-state index in [-0.39, 0.29) is 29.3 Å². The quantitative estimate of drug-likeness (QED) is 0.142. The lowest BCUT2D eigenvalue weighted by Crippen LogP contribution is -2.42. The maximum atomic E-state index is 14.0. The molecule has 2 aromatic heterocycles. The summed E-state index contributed by atoms with van der Waals surface area (Å²) in [4.78, 5) is 36.1. The molecule has 4 aromatic rings. The van der Waals surface area contributed by atoms with Crippen molar-refractivity contribution in [3.63, 3.8) is 0 Å². The number of aromatic nitrogens is 2. The third kappa shape index (κ3) is 9.76. The number of carbonyl (C=O) groups is 2. The molecule has 0 unspecified atom stereocenters. The fraction of sp³-hybridized carbons (Fsp3) is 0.385. The molecule has 0 spiro atoms. The van der Waals surface area contributed by atoms with E-state index in [0.29, 0.717) is 5.69 Å². The first-order chi connectivity index (χ1) is 23.5. The summed E-state index contributed by atoms with van der Waals surface area (Å²) >= 11 is 0. The largest absolute Gasteiger partial charge is 0.459 e. The number of esters is 1. The van der Waals surface area contributed by atoms with Gasteiger partial charge in [-0.25, -0.2) is 23.2 Å². The highest BCUT2D eigenvalue weighted by molar-refractivity contribution is 7.89. The molecular formula is C39H46N4O6S. The van der Waals surface area contributed by atoms with Crippen molar-refractivity contribution in [1.29, 1.82) is 0 Å². The number of ether oxygens (including phenoxy) is 2. The third-order valence-electron chi connectivity index (χ3n) is 8.13. The van der Waals surface area contributed by atoms with Crippen molar-refractivity contribution in [2.24, 2.45) is 0 Å². The molecule has 1 aliphatic rings. The Hall–Kier alpha value is -4.61. The maximum Gasteiger partial charge on any atom is 0.416 e. The lowest BCUT2D eigenvalue weighted by molar-refractivity contribution is -0.153. The number of anilines is 1. The summed E-state index contributed by atoms with van der Waals surface area (Å²) in [6.45, 7) is 9.87. The van der Waals surface area contributed by atoms with Crippen molar-refractivity contribution < 1.29 is 27.5 Å². The van der Waals surface area contributed by atoms with E-state index in [2.05, 4.69) is 46.4 Å². The molecule has 50 heavy (non-hydrogen) atoms. The van der Waals surface area contributed by atoms with Crippen LogP contribution in [0.15, 0.2) is 102 Å². The number of amides is 1. The number of rotatable bonds is 12. The smallest absolute Gasteiger partial charge is 0.416 e. The summed E-state index contributed by atoms with van der Waals surface area (Å²) in [6.07, 6.45) is 3.83. The zero-order valence-electron chi connectivity index (χ0n) is 29.6. The highest BCUT2D eigenvalue weighted by atomic mass is 32.2. The molecule has 0 atom stereocenters. The summed E-state index contributed by atoms with van der Waals surface area (Å²) in [5.41, 5.74) is 2.19. The lowest BCUT2D eigenvalue weighted by atomic mass is 9.88. The Morgan fingerprint density at radius 1 is 0.760 bits per heavy atom. The summed E-state index contributed by atoms with van der Waals surface area (Å²) in [7, 11) is -4.07. The van der Waals surface area contributed by atoms with Crippen LogP contribution in [-0.4, -0.2) is 52.5 Å². The first-order valence-corrected chi connectivity index (χ1v) is 18.2. The van der Waals surface area contributed by atoms with E-state index in [1.807, 2.05) is 18.2 Å². The second kappa shape index (κ2) is 14.7. The van der Waals surface area contributed by atoms with E-state index < -0.39 is 39.8 Å². The molecule has 264 valence electrons. The second-order valence-electron chi connectivity index (χ2n) is 14.7. The molecule has 11 heteroatoms. The molecule has 0 saturated heterocycles. The van der Waals surface area contributed by atoms with Gasteiger partial charge in [-0.15, -0.1) is 0 Å². The van der Waals surface area contributed by atoms with Crippen LogP contribution in [0.1, 0.15) is 76.8 Å². The fourth-order valence-electron chi connectivity index (χ4n) is 5.68. The van der Waals surface area contributed by atoms with E-state index in [1.54, 1.807) is 71.9 Å². The van der Waals surface area contributed by atoms with E-state index in [4.69, 9.17) is 9.47 Å². The average Bonchev–Trinajstić information content (AvgIpc) is 3.83. The first-order valence-electron chi connectivity index (χ1n) is 16.8. The van der Waals surface area contributed by atoms with Crippen molar-refractivity contribution in [3.8, 4) is 0 Å². The monoisotopic (exact) mass is 698 g/mol. The zero-order valence-corrected chi connectivity index (χ0v) is 30.4. The number of sulfonamides is 1. The van der Waals surface area contributed by atoms with Crippen molar-refractivity contribution in [1.82, 2.24) is 14.3 Å². The van der Waals surface area contributed by atoms with Gasteiger partial charge in [0.15, 0.2) is 5.03 Å². The summed E-state index contributed by atoms with van der Waals surface area (Å²) in [6, 6.07) is 28.3. The number of pyridine rings is 2. The molecule has 0 radical (unpaired) electrons. The normalized spacial score (nSPS) is 14.2. The van der Waals surface area contributed by atoms with Gasteiger partial charge < -0.3 is 9.47 Å². The van der Waals surface area contributed by atoms with Crippen LogP contribution in [0.25, 0.3) is 0 Å². The Balaban J connectivity index is 1.42. The molecule has 1 fully saturated rings. The zero-order chi connectivity index (χ0) is 36.2. The lowest BCUT2D eigenvalue weighted by Gasteiger charge is -2.28. The van der Waals surface area contributed by atoms with E-state index in [0.717, 1.165) is 29.7 Å². The van der Waals surface area contributed by atoms with Crippen molar-refractivity contribution in [2.45, 2.75) is 95.5 Å². The van der Waals surface area contributed by atoms with Crippen molar-refractivity contribution in [2.75, 3.05) is 11.4 Å². The van der Waals surface area contributed by atoms with Gasteiger partial charge in [-0.1, -0.05) is 66.7 Å². The maximum absolute atomic E-state index is 14.0. The Bertz CT molecular complexity index is 1880. The summed E-state index contributed by atoms with van der Waals surface area (Å²) < 4.78 is 40.5. The van der Waals surface area contributed by atoms with Crippen LogP contribution < -0.4 is 4.90 Å². The van der Waals surface area contributed by atoms with E-state index in [1.165, 1.54) is 27.7 Å². The molecule has 0 bridgehead atoms. The van der Waals surface area contributed by atoms with Gasteiger partial charge in [-0.3, -0.25) is 9.69 Å². The second-order valence-corrected chi connectivity index (χ2v) is 16.6. The van der Waals surface area contributed by atoms with Crippen LogP contribution in [0, 0.1) is 0 Å². The van der Waals surface area contributed by atoms with Crippen LogP contribution in [-0.2, 0) is 49.2 Å². The van der Waals surface area contributed by atoms with Crippen LogP contribution in [0.5, 0.6) is 0 Å². The van der Waals surface area contributed by atoms with E-state index in [9.17, 15) is 18.0 Å². The fourth-order valence-corrected chi connectivity index (χ4v) is 7.01. The average molecular weight is 699 g/mol. The molecule has 5 rings (SSSR count). The molecule has 1 aliphatic carbocycles. The van der Waals surface area contributed by atoms with E-state index >= 15 is 0 Å². The standard InChI is InChI=1S/C39H46N4O6S/c1-37(2,3)48-35(44)28-43(36(45)49-38(4,5)6)33-16-12-15-32(41-33)27-42(50(46,47)34-17-10-11-24-40-34)26-30-18-20-31(21-19-30)39(22-23-39)25-29-13-8-7-9-14-29/h7-21,24H,22-23,25-28H2,1-6H3. The predicted octanol–water partition coefficient (Wildman–Crippen LogP) is 7.23. The summed E-state index contributed by atoms with van der Waals surface area (Å²) in [5.74, 6) is -0.523. The van der Waals surface area contributed by atoms with Gasteiger partial charge in [0, 0.05) is 12.7 Å². The molecule has 1 amide bonds. The van der Waals surface area contributed by atoms with Gasteiger partial charge in [0.05, 0.1) is 12.2 Å². The first kappa shape index (κ1) is 36.7. The predicted molar refractivity (Wildman–Crippen MR) is 192 cm³/mol.